The van der Waals surface area contributed by atoms with Gasteiger partial charge >= 0.3 is 0 Å². The molecule has 0 bridgehead atoms. The standard InChI is InChI=1S/C18H26N2S/c1-6-7-19-17(18-14(4)20-15(5)21-18)11-16-9-12(2)8-13(3)10-16/h8-10,17,19H,6-7,11H2,1-5H3. The number of nitrogens with zero attached hydrogens (tertiary/aromatic N) is 1. The summed E-state index contributed by atoms with van der Waals surface area (Å²) in [6.45, 7) is 11.8. The van der Waals surface area contributed by atoms with Gasteiger partial charge in [-0.1, -0.05) is 36.2 Å². The van der Waals surface area contributed by atoms with Gasteiger partial charge in [-0.25, -0.2) is 4.98 Å². The predicted octanol–water partition coefficient (Wildman–Crippen LogP) is 4.66. The maximum Gasteiger partial charge on any atom is 0.0900 e. The third-order valence-corrected chi connectivity index (χ3v) is 4.80. The van der Waals surface area contributed by atoms with Gasteiger partial charge in [-0.15, -0.1) is 11.3 Å². The molecule has 21 heavy (non-hydrogen) atoms. The minimum absolute atomic E-state index is 0.373. The average Bonchev–Trinajstić information content (AvgIpc) is 2.72. The molecule has 0 spiro atoms. The summed E-state index contributed by atoms with van der Waals surface area (Å²) in [7, 11) is 0. The fourth-order valence-corrected chi connectivity index (χ4v) is 3.87. The predicted molar refractivity (Wildman–Crippen MR) is 92.2 cm³/mol. The second kappa shape index (κ2) is 7.19. The monoisotopic (exact) mass is 302 g/mol. The lowest BCUT2D eigenvalue weighted by molar-refractivity contribution is 0.533. The van der Waals surface area contributed by atoms with Gasteiger partial charge in [-0.3, -0.25) is 0 Å². The number of hydrogen-bond donors (Lipinski definition) is 1. The molecule has 0 aliphatic rings. The summed E-state index contributed by atoms with van der Waals surface area (Å²) in [6.07, 6.45) is 2.19. The first-order valence-corrected chi connectivity index (χ1v) is 8.55. The first-order valence-electron chi connectivity index (χ1n) is 7.74. The number of rotatable bonds is 6. The Kier molecular flexibility index (Phi) is 5.54. The molecular weight excluding hydrogens is 276 g/mol. The second-order valence-corrected chi connectivity index (χ2v) is 7.12. The van der Waals surface area contributed by atoms with Crippen LogP contribution in [0.2, 0.25) is 0 Å². The van der Waals surface area contributed by atoms with Gasteiger partial charge in [0.05, 0.1) is 10.7 Å². The number of aryl methyl sites for hydroxylation is 4. The van der Waals surface area contributed by atoms with E-state index in [2.05, 4.69) is 63.1 Å². The molecule has 2 nitrogen and oxygen atoms in total. The summed E-state index contributed by atoms with van der Waals surface area (Å²) < 4.78 is 0. The number of nitrogens with one attached hydrogen (secondary N) is 1. The van der Waals surface area contributed by atoms with E-state index in [4.69, 9.17) is 0 Å². The molecule has 2 aromatic rings. The Bertz CT molecular complexity index is 581. The quantitative estimate of drug-likeness (QED) is 0.839. The highest BCUT2D eigenvalue weighted by Crippen LogP contribution is 2.28. The molecule has 114 valence electrons. The third-order valence-electron chi connectivity index (χ3n) is 3.62. The summed E-state index contributed by atoms with van der Waals surface area (Å²) in [5, 5.41) is 4.86. The third kappa shape index (κ3) is 4.39. The molecule has 0 radical (unpaired) electrons. The molecular formula is C18H26N2S. The van der Waals surface area contributed by atoms with Gasteiger partial charge in [-0.2, -0.15) is 0 Å². The van der Waals surface area contributed by atoms with Crippen LogP contribution in [0, 0.1) is 27.7 Å². The highest BCUT2D eigenvalue weighted by atomic mass is 32.1. The van der Waals surface area contributed by atoms with Crippen LogP contribution in [-0.2, 0) is 6.42 Å². The van der Waals surface area contributed by atoms with E-state index in [1.165, 1.54) is 27.3 Å². The van der Waals surface area contributed by atoms with Gasteiger partial charge in [0.2, 0.25) is 0 Å². The van der Waals surface area contributed by atoms with E-state index in [1.807, 2.05) is 11.3 Å². The molecule has 0 aliphatic carbocycles. The van der Waals surface area contributed by atoms with E-state index in [-0.39, 0.29) is 0 Å². The fourth-order valence-electron chi connectivity index (χ4n) is 2.87. The lowest BCUT2D eigenvalue weighted by Crippen LogP contribution is -2.24. The van der Waals surface area contributed by atoms with E-state index < -0.39 is 0 Å². The van der Waals surface area contributed by atoms with Crippen molar-refractivity contribution in [3.63, 3.8) is 0 Å². The Hall–Kier alpha value is -1.19. The number of aromatic nitrogens is 1. The molecule has 0 saturated carbocycles. The molecule has 0 saturated heterocycles. The summed E-state index contributed by atoms with van der Waals surface area (Å²) in [5.41, 5.74) is 5.27. The number of thiazole rings is 1. The van der Waals surface area contributed by atoms with Crippen LogP contribution in [0.3, 0.4) is 0 Å². The summed E-state index contributed by atoms with van der Waals surface area (Å²) >= 11 is 1.83. The Balaban J connectivity index is 2.25. The Morgan fingerprint density at radius 2 is 1.76 bits per heavy atom. The summed E-state index contributed by atoms with van der Waals surface area (Å²) in [4.78, 5) is 5.98. The van der Waals surface area contributed by atoms with Crippen LogP contribution in [0.15, 0.2) is 18.2 Å². The molecule has 0 amide bonds. The van der Waals surface area contributed by atoms with E-state index in [0.29, 0.717) is 6.04 Å². The van der Waals surface area contributed by atoms with E-state index >= 15 is 0 Å². The molecule has 0 aliphatic heterocycles. The van der Waals surface area contributed by atoms with Crippen molar-refractivity contribution in [1.29, 1.82) is 0 Å². The summed E-state index contributed by atoms with van der Waals surface area (Å²) in [5.74, 6) is 0. The zero-order valence-electron chi connectivity index (χ0n) is 13.8. The van der Waals surface area contributed by atoms with Crippen LogP contribution in [0.1, 0.15) is 51.7 Å². The topological polar surface area (TPSA) is 24.9 Å². The van der Waals surface area contributed by atoms with Gasteiger partial charge in [0, 0.05) is 10.9 Å². The van der Waals surface area contributed by atoms with Crippen LogP contribution in [0.5, 0.6) is 0 Å². The Morgan fingerprint density at radius 1 is 1.10 bits per heavy atom. The Morgan fingerprint density at radius 3 is 2.29 bits per heavy atom. The highest BCUT2D eigenvalue weighted by Gasteiger charge is 2.17. The highest BCUT2D eigenvalue weighted by molar-refractivity contribution is 7.11. The molecule has 1 unspecified atom stereocenters. The van der Waals surface area contributed by atoms with Crippen molar-refractivity contribution in [2.24, 2.45) is 0 Å². The first-order chi connectivity index (χ1) is 9.99. The number of hydrogen-bond acceptors (Lipinski definition) is 3. The van der Waals surface area contributed by atoms with Crippen molar-refractivity contribution >= 4 is 11.3 Å². The van der Waals surface area contributed by atoms with Crippen LogP contribution < -0.4 is 5.32 Å². The SMILES string of the molecule is CCCNC(Cc1cc(C)cc(C)c1)c1sc(C)nc1C. The van der Waals surface area contributed by atoms with Crippen LogP contribution >= 0.6 is 11.3 Å². The zero-order chi connectivity index (χ0) is 15.4. The lowest BCUT2D eigenvalue weighted by atomic mass is 9.99. The normalized spacial score (nSPS) is 12.6. The fraction of sp³-hybridized carbons (Fsp3) is 0.500. The molecule has 1 aromatic heterocycles. The van der Waals surface area contributed by atoms with Crippen LogP contribution in [-0.4, -0.2) is 11.5 Å². The van der Waals surface area contributed by atoms with Gasteiger partial charge in [0.15, 0.2) is 0 Å². The van der Waals surface area contributed by atoms with Crippen molar-refractivity contribution in [2.75, 3.05) is 6.54 Å². The van der Waals surface area contributed by atoms with E-state index in [9.17, 15) is 0 Å². The number of benzene rings is 1. The van der Waals surface area contributed by atoms with Gasteiger partial charge in [0.25, 0.3) is 0 Å². The largest absolute Gasteiger partial charge is 0.309 e. The van der Waals surface area contributed by atoms with E-state index in [1.54, 1.807) is 0 Å². The van der Waals surface area contributed by atoms with Crippen molar-refractivity contribution in [1.82, 2.24) is 10.3 Å². The van der Waals surface area contributed by atoms with Crippen LogP contribution in [0.4, 0.5) is 0 Å². The smallest absolute Gasteiger partial charge is 0.0900 e. The molecule has 1 atom stereocenters. The van der Waals surface area contributed by atoms with Gasteiger partial charge in [0.1, 0.15) is 0 Å². The van der Waals surface area contributed by atoms with Crippen molar-refractivity contribution < 1.29 is 0 Å². The van der Waals surface area contributed by atoms with E-state index in [0.717, 1.165) is 24.4 Å². The summed E-state index contributed by atoms with van der Waals surface area (Å²) in [6, 6.07) is 7.21. The maximum absolute atomic E-state index is 4.60. The molecule has 0 fully saturated rings. The maximum atomic E-state index is 4.60. The minimum Gasteiger partial charge on any atom is -0.309 e. The minimum atomic E-state index is 0.373. The zero-order valence-corrected chi connectivity index (χ0v) is 14.6. The first kappa shape index (κ1) is 16.2. The van der Waals surface area contributed by atoms with Gasteiger partial charge in [-0.05, 0) is 52.6 Å². The molecule has 3 heteroatoms. The average molecular weight is 302 g/mol. The molecule has 2 rings (SSSR count). The Labute approximate surface area is 132 Å². The molecule has 1 aromatic carbocycles. The van der Waals surface area contributed by atoms with Crippen molar-refractivity contribution in [3.8, 4) is 0 Å². The molecule has 1 N–H and O–H groups in total. The molecule has 1 heterocycles. The second-order valence-electron chi connectivity index (χ2n) is 5.89. The van der Waals surface area contributed by atoms with Crippen molar-refractivity contribution in [3.05, 3.63) is 50.5 Å². The lowest BCUT2D eigenvalue weighted by Gasteiger charge is -2.18. The van der Waals surface area contributed by atoms with Gasteiger partial charge < -0.3 is 5.32 Å². The van der Waals surface area contributed by atoms with Crippen molar-refractivity contribution in [2.45, 2.75) is 53.5 Å². The van der Waals surface area contributed by atoms with Crippen LogP contribution in [0.25, 0.3) is 0 Å².